The fourth-order valence-corrected chi connectivity index (χ4v) is 5.79. The number of nitrogens with one attached hydrogen (secondary N) is 1. The third-order valence-electron chi connectivity index (χ3n) is 6.23. The van der Waals surface area contributed by atoms with Gasteiger partial charge in [-0.05, 0) is 67.4 Å². The number of carbonyl (C=O) groups is 2. The van der Waals surface area contributed by atoms with Crippen LogP contribution in [0.4, 0.5) is 5.69 Å². The van der Waals surface area contributed by atoms with E-state index in [9.17, 15) is 18.0 Å². The topological polar surface area (TPSA) is 105 Å². The van der Waals surface area contributed by atoms with Crippen molar-refractivity contribution in [2.45, 2.75) is 37.8 Å². The van der Waals surface area contributed by atoms with E-state index < -0.39 is 28.5 Å². The van der Waals surface area contributed by atoms with E-state index in [0.29, 0.717) is 22.9 Å². The number of hydrogen-bond acceptors (Lipinski definition) is 6. The molecule has 40 heavy (non-hydrogen) atoms. The lowest BCUT2D eigenvalue weighted by atomic mass is 10.1. The molecule has 0 aromatic heterocycles. The number of amides is 2. The Hall–Kier alpha value is -3.76. The van der Waals surface area contributed by atoms with Crippen LogP contribution in [0.5, 0.6) is 11.5 Å². The van der Waals surface area contributed by atoms with Crippen molar-refractivity contribution in [3.05, 3.63) is 83.4 Å². The molecule has 3 aromatic rings. The molecule has 0 saturated heterocycles. The van der Waals surface area contributed by atoms with Crippen LogP contribution < -0.4 is 19.1 Å². The first-order valence-corrected chi connectivity index (χ1v) is 14.6. The maximum Gasteiger partial charge on any atom is 0.264 e. The third kappa shape index (κ3) is 7.25. The normalized spacial score (nSPS) is 11.8. The quantitative estimate of drug-likeness (QED) is 0.316. The summed E-state index contributed by atoms with van der Waals surface area (Å²) in [6.45, 7) is 3.34. The lowest BCUT2D eigenvalue weighted by Gasteiger charge is -2.33. The molecule has 0 unspecified atom stereocenters. The van der Waals surface area contributed by atoms with Gasteiger partial charge in [-0.1, -0.05) is 42.8 Å². The van der Waals surface area contributed by atoms with Gasteiger partial charge in [-0.25, -0.2) is 8.42 Å². The Balaban J connectivity index is 2.11. The van der Waals surface area contributed by atoms with E-state index in [-0.39, 0.29) is 29.6 Å². The molecule has 3 rings (SSSR count). The van der Waals surface area contributed by atoms with Gasteiger partial charge in [-0.15, -0.1) is 0 Å². The van der Waals surface area contributed by atoms with Gasteiger partial charge >= 0.3 is 0 Å². The van der Waals surface area contributed by atoms with Gasteiger partial charge in [-0.2, -0.15) is 0 Å². The molecule has 2 amide bonds. The molecular formula is C29H34ClN3O6S. The second kappa shape index (κ2) is 14.0. The van der Waals surface area contributed by atoms with Gasteiger partial charge in [0.15, 0.2) is 0 Å². The summed E-state index contributed by atoms with van der Waals surface area (Å²) in [5.74, 6) is -0.0359. The van der Waals surface area contributed by atoms with E-state index in [0.717, 1.165) is 9.87 Å². The zero-order valence-electron chi connectivity index (χ0n) is 23.0. The maximum atomic E-state index is 14.1. The summed E-state index contributed by atoms with van der Waals surface area (Å²) in [4.78, 5) is 28.3. The fourth-order valence-electron chi connectivity index (χ4n) is 4.24. The van der Waals surface area contributed by atoms with Crippen molar-refractivity contribution in [3.8, 4) is 11.5 Å². The van der Waals surface area contributed by atoms with Crippen molar-refractivity contribution in [1.29, 1.82) is 0 Å². The standard InChI is InChI=1S/C29H34ClN3O6S/c1-5-25(29(35)31-3)32(19-21-10-9-11-23(18-21)38-4)28(34)20-33(26-12-7-8-13-27(26)39-6-2)40(36,37)24-16-14-22(30)15-17-24/h7-18,25H,5-6,19-20H2,1-4H3,(H,31,35)/t25-/m0/s1. The Kier molecular flexibility index (Phi) is 10.8. The van der Waals surface area contributed by atoms with Gasteiger partial charge in [0.2, 0.25) is 11.8 Å². The molecule has 0 aliphatic rings. The molecule has 0 radical (unpaired) electrons. The Morgan fingerprint density at radius 3 is 2.33 bits per heavy atom. The van der Waals surface area contributed by atoms with Crippen LogP contribution in [-0.2, 0) is 26.2 Å². The number of sulfonamides is 1. The average molecular weight is 588 g/mol. The molecule has 0 aliphatic carbocycles. The lowest BCUT2D eigenvalue weighted by Crippen LogP contribution is -2.51. The van der Waals surface area contributed by atoms with Crippen LogP contribution in [-0.4, -0.2) is 58.5 Å². The van der Waals surface area contributed by atoms with E-state index in [1.165, 1.54) is 43.3 Å². The van der Waals surface area contributed by atoms with Crippen molar-refractivity contribution in [2.24, 2.45) is 0 Å². The number of methoxy groups -OCH3 is 1. The van der Waals surface area contributed by atoms with E-state index in [4.69, 9.17) is 21.1 Å². The highest BCUT2D eigenvalue weighted by molar-refractivity contribution is 7.92. The number of anilines is 1. The van der Waals surface area contributed by atoms with Gasteiger partial charge in [0.25, 0.3) is 10.0 Å². The first kappa shape index (κ1) is 30.8. The van der Waals surface area contributed by atoms with Gasteiger partial charge < -0.3 is 19.7 Å². The SMILES string of the molecule is CCOc1ccccc1N(CC(=O)N(Cc1cccc(OC)c1)[C@@H](CC)C(=O)NC)S(=O)(=O)c1ccc(Cl)cc1. The molecule has 0 aliphatic heterocycles. The van der Waals surface area contributed by atoms with E-state index >= 15 is 0 Å². The summed E-state index contributed by atoms with van der Waals surface area (Å²) in [6.07, 6.45) is 0.314. The molecule has 0 heterocycles. The Morgan fingerprint density at radius 1 is 1.00 bits per heavy atom. The van der Waals surface area contributed by atoms with Gasteiger partial charge in [0.05, 0.1) is 24.3 Å². The maximum absolute atomic E-state index is 14.1. The first-order chi connectivity index (χ1) is 19.2. The molecule has 1 N–H and O–H groups in total. The van der Waals surface area contributed by atoms with Gasteiger partial charge in [0, 0.05) is 18.6 Å². The largest absolute Gasteiger partial charge is 0.497 e. The summed E-state index contributed by atoms with van der Waals surface area (Å²) in [5.41, 5.74) is 0.916. The molecule has 214 valence electrons. The van der Waals surface area contributed by atoms with Crippen molar-refractivity contribution in [1.82, 2.24) is 10.2 Å². The van der Waals surface area contributed by atoms with Crippen molar-refractivity contribution in [3.63, 3.8) is 0 Å². The molecule has 1 atom stereocenters. The van der Waals surface area contributed by atoms with Crippen LogP contribution in [0.15, 0.2) is 77.7 Å². The number of likely N-dealkylation sites (N-methyl/N-ethyl adjacent to an activating group) is 1. The number of halogens is 1. The summed E-state index contributed by atoms with van der Waals surface area (Å²) < 4.78 is 40.0. The highest BCUT2D eigenvalue weighted by Crippen LogP contribution is 2.33. The highest BCUT2D eigenvalue weighted by Gasteiger charge is 2.34. The number of para-hydroxylation sites is 2. The predicted molar refractivity (Wildman–Crippen MR) is 155 cm³/mol. The Labute approximate surface area is 240 Å². The van der Waals surface area contributed by atoms with Crippen LogP contribution >= 0.6 is 11.6 Å². The van der Waals surface area contributed by atoms with E-state index in [2.05, 4.69) is 5.32 Å². The number of hydrogen-bond donors (Lipinski definition) is 1. The minimum Gasteiger partial charge on any atom is -0.497 e. The molecular weight excluding hydrogens is 554 g/mol. The third-order valence-corrected chi connectivity index (χ3v) is 8.26. The smallest absolute Gasteiger partial charge is 0.264 e. The van der Waals surface area contributed by atoms with Crippen LogP contribution in [0.25, 0.3) is 0 Å². The molecule has 0 saturated carbocycles. The minimum atomic E-state index is -4.26. The zero-order valence-corrected chi connectivity index (χ0v) is 24.5. The average Bonchev–Trinajstić information content (AvgIpc) is 2.96. The lowest BCUT2D eigenvalue weighted by molar-refractivity contribution is -0.140. The number of rotatable bonds is 13. The van der Waals surface area contributed by atoms with Gasteiger partial charge in [0.1, 0.15) is 24.1 Å². The number of carbonyl (C=O) groups excluding carboxylic acids is 2. The van der Waals surface area contributed by atoms with Crippen molar-refractivity contribution < 1.29 is 27.5 Å². The van der Waals surface area contributed by atoms with Crippen LogP contribution in [0.3, 0.4) is 0 Å². The molecule has 3 aromatic carbocycles. The first-order valence-electron chi connectivity index (χ1n) is 12.8. The van der Waals surface area contributed by atoms with Crippen LogP contribution in [0.2, 0.25) is 5.02 Å². The monoisotopic (exact) mass is 587 g/mol. The summed E-state index contributed by atoms with van der Waals surface area (Å²) in [7, 11) is -1.22. The number of nitrogens with zero attached hydrogens (tertiary/aromatic N) is 2. The molecule has 0 fully saturated rings. The molecule has 0 spiro atoms. The van der Waals surface area contributed by atoms with Crippen molar-refractivity contribution in [2.75, 3.05) is 31.6 Å². The molecule has 0 bridgehead atoms. The zero-order chi connectivity index (χ0) is 29.3. The fraction of sp³-hybridized carbons (Fsp3) is 0.310. The second-order valence-electron chi connectivity index (χ2n) is 8.78. The number of benzene rings is 3. The predicted octanol–water partition coefficient (Wildman–Crippen LogP) is 4.50. The number of ether oxygens (including phenoxy) is 2. The summed E-state index contributed by atoms with van der Waals surface area (Å²) in [6, 6.07) is 18.6. The van der Waals surface area contributed by atoms with E-state index in [1.54, 1.807) is 56.3 Å². The molecule has 11 heteroatoms. The Morgan fingerprint density at radius 2 is 1.70 bits per heavy atom. The van der Waals surface area contributed by atoms with Crippen molar-refractivity contribution >= 4 is 39.1 Å². The van der Waals surface area contributed by atoms with Crippen LogP contribution in [0, 0.1) is 0 Å². The van der Waals surface area contributed by atoms with Gasteiger partial charge in [-0.3, -0.25) is 13.9 Å². The minimum absolute atomic E-state index is 0.0475. The van der Waals surface area contributed by atoms with E-state index in [1.807, 2.05) is 6.07 Å². The summed E-state index contributed by atoms with van der Waals surface area (Å²) >= 11 is 6.01. The Bertz CT molecular complexity index is 1420. The van der Waals surface area contributed by atoms with Crippen LogP contribution in [0.1, 0.15) is 25.8 Å². The molecule has 9 nitrogen and oxygen atoms in total. The second-order valence-corrected chi connectivity index (χ2v) is 11.1. The summed E-state index contributed by atoms with van der Waals surface area (Å²) in [5, 5.41) is 2.98. The highest BCUT2D eigenvalue weighted by atomic mass is 35.5.